The van der Waals surface area contributed by atoms with Crippen LogP contribution in [0.1, 0.15) is 27.2 Å². The van der Waals surface area contributed by atoms with Crippen molar-refractivity contribution in [2.45, 2.75) is 20.4 Å². The van der Waals surface area contributed by atoms with Gasteiger partial charge >= 0.3 is 0 Å². The van der Waals surface area contributed by atoms with E-state index in [0.717, 1.165) is 4.68 Å². The molecule has 0 radical (unpaired) electrons. The van der Waals surface area contributed by atoms with Crippen LogP contribution in [0, 0.1) is 25.2 Å². The molecule has 0 fully saturated rings. The second kappa shape index (κ2) is 5.57. The minimum atomic E-state index is -0.565. The largest absolute Gasteiger partial charge is 0.454 e. The lowest BCUT2D eigenvalue weighted by Gasteiger charge is -2.08. The molecule has 0 bridgehead atoms. The maximum Gasteiger partial charge on any atom is 0.285 e. The normalized spacial score (nSPS) is 12.0. The molecule has 0 saturated carbocycles. The molecule has 0 N–H and O–H groups in total. The maximum atomic E-state index is 12.4. The molecule has 3 rings (SSSR count). The Hall–Kier alpha value is -3.14. The number of aromatic nitrogens is 2. The standard InChI is InChI=1S/C16H13N3O4/c1-9-10(2)18-19(16(21)12(9)6-17)7-13(20)11-3-4-14-15(5-11)23-8-22-14/h3-5H,7-8H2,1-2H3. The van der Waals surface area contributed by atoms with Gasteiger partial charge in [0.2, 0.25) is 6.79 Å². The predicted molar refractivity (Wildman–Crippen MR) is 79.6 cm³/mol. The summed E-state index contributed by atoms with van der Waals surface area (Å²) in [5.74, 6) is 0.772. The van der Waals surface area contributed by atoms with E-state index in [2.05, 4.69) is 5.10 Å². The number of aryl methyl sites for hydroxylation is 1. The summed E-state index contributed by atoms with van der Waals surface area (Å²) in [6, 6.07) is 6.69. The van der Waals surface area contributed by atoms with Gasteiger partial charge < -0.3 is 9.47 Å². The predicted octanol–water partition coefficient (Wildman–Crippen LogP) is 1.34. The molecule has 0 amide bonds. The average Bonchev–Trinajstić information content (AvgIpc) is 3.00. The van der Waals surface area contributed by atoms with E-state index in [4.69, 9.17) is 14.7 Å². The lowest BCUT2D eigenvalue weighted by atomic mass is 10.1. The van der Waals surface area contributed by atoms with Gasteiger partial charge in [-0.2, -0.15) is 10.4 Å². The van der Waals surface area contributed by atoms with Crippen molar-refractivity contribution >= 4 is 5.78 Å². The van der Waals surface area contributed by atoms with Gasteiger partial charge in [0.1, 0.15) is 18.2 Å². The highest BCUT2D eigenvalue weighted by Gasteiger charge is 2.18. The SMILES string of the molecule is Cc1nn(CC(=O)c2ccc3c(c2)OCO3)c(=O)c(C#N)c1C. The monoisotopic (exact) mass is 311 g/mol. The summed E-state index contributed by atoms with van der Waals surface area (Å²) in [7, 11) is 0. The summed E-state index contributed by atoms with van der Waals surface area (Å²) in [6.07, 6.45) is 0. The molecule has 0 atom stereocenters. The summed E-state index contributed by atoms with van der Waals surface area (Å²) in [6.45, 7) is 3.23. The van der Waals surface area contributed by atoms with E-state index in [1.54, 1.807) is 32.0 Å². The lowest BCUT2D eigenvalue weighted by molar-refractivity contribution is 0.0965. The quantitative estimate of drug-likeness (QED) is 0.794. The van der Waals surface area contributed by atoms with Crippen LogP contribution in [0.2, 0.25) is 0 Å². The Morgan fingerprint density at radius 3 is 2.83 bits per heavy atom. The fourth-order valence-corrected chi connectivity index (χ4v) is 2.31. The van der Waals surface area contributed by atoms with Gasteiger partial charge in [0.05, 0.1) is 5.69 Å². The highest BCUT2D eigenvalue weighted by molar-refractivity contribution is 5.96. The van der Waals surface area contributed by atoms with Crippen LogP contribution in [0.25, 0.3) is 0 Å². The third kappa shape index (κ3) is 2.55. The van der Waals surface area contributed by atoms with Crippen LogP contribution >= 0.6 is 0 Å². The van der Waals surface area contributed by atoms with Crippen molar-refractivity contribution in [3.8, 4) is 17.6 Å². The number of ether oxygens (including phenoxy) is 2. The number of carbonyl (C=O) groups excluding carboxylic acids is 1. The summed E-state index contributed by atoms with van der Waals surface area (Å²) >= 11 is 0. The van der Waals surface area contributed by atoms with E-state index in [9.17, 15) is 9.59 Å². The van der Waals surface area contributed by atoms with Gasteiger partial charge in [0.25, 0.3) is 5.56 Å². The van der Waals surface area contributed by atoms with Crippen molar-refractivity contribution < 1.29 is 14.3 Å². The number of fused-ring (bicyclic) bond motifs is 1. The number of nitrogens with zero attached hydrogens (tertiary/aromatic N) is 3. The first-order valence-corrected chi connectivity index (χ1v) is 6.92. The van der Waals surface area contributed by atoms with Crippen LogP contribution in [0.3, 0.4) is 0 Å². The van der Waals surface area contributed by atoms with Crippen LogP contribution in [0.5, 0.6) is 11.5 Å². The molecule has 1 aromatic carbocycles. The summed E-state index contributed by atoms with van der Waals surface area (Å²) in [5, 5.41) is 13.2. The van der Waals surface area contributed by atoms with Crippen molar-refractivity contribution in [2.24, 2.45) is 0 Å². The molecule has 7 nitrogen and oxygen atoms in total. The number of nitriles is 1. The van der Waals surface area contributed by atoms with Gasteiger partial charge in [-0.3, -0.25) is 9.59 Å². The fraction of sp³-hybridized carbons (Fsp3) is 0.250. The Balaban J connectivity index is 1.94. The van der Waals surface area contributed by atoms with Crippen LogP contribution < -0.4 is 15.0 Å². The second-order valence-corrected chi connectivity index (χ2v) is 5.15. The molecule has 0 aliphatic carbocycles. The number of hydrogen-bond acceptors (Lipinski definition) is 6. The molecule has 1 aromatic heterocycles. The molecule has 116 valence electrons. The zero-order valence-corrected chi connectivity index (χ0v) is 12.6. The van der Waals surface area contributed by atoms with Gasteiger partial charge in [0.15, 0.2) is 17.3 Å². The Labute approximate surface area is 131 Å². The van der Waals surface area contributed by atoms with Crippen molar-refractivity contribution in [1.82, 2.24) is 9.78 Å². The van der Waals surface area contributed by atoms with Gasteiger partial charge in [-0.15, -0.1) is 0 Å². The molecule has 2 aromatic rings. The third-order valence-corrected chi connectivity index (χ3v) is 3.74. The van der Waals surface area contributed by atoms with Gasteiger partial charge in [-0.25, -0.2) is 4.68 Å². The fourth-order valence-electron chi connectivity index (χ4n) is 2.31. The Kier molecular flexibility index (Phi) is 3.58. The Morgan fingerprint density at radius 1 is 1.35 bits per heavy atom. The summed E-state index contributed by atoms with van der Waals surface area (Å²) in [5.41, 5.74) is 0.907. The Bertz CT molecular complexity index is 909. The third-order valence-electron chi connectivity index (χ3n) is 3.74. The highest BCUT2D eigenvalue weighted by atomic mass is 16.7. The first kappa shape index (κ1) is 14.8. The van der Waals surface area contributed by atoms with Gasteiger partial charge in [0, 0.05) is 5.56 Å². The van der Waals surface area contributed by atoms with Crippen LogP contribution in [-0.4, -0.2) is 22.4 Å². The molecule has 1 aliphatic rings. The molecular weight excluding hydrogens is 298 g/mol. The maximum absolute atomic E-state index is 12.4. The van der Waals surface area contributed by atoms with Crippen LogP contribution in [0.15, 0.2) is 23.0 Å². The number of benzene rings is 1. The number of Topliss-reactive ketones (excluding diaryl/α,β-unsaturated/α-hetero) is 1. The first-order valence-electron chi connectivity index (χ1n) is 6.92. The zero-order chi connectivity index (χ0) is 16.6. The van der Waals surface area contributed by atoms with Gasteiger partial charge in [-0.05, 0) is 37.6 Å². The molecule has 7 heteroatoms. The van der Waals surface area contributed by atoms with Crippen molar-refractivity contribution in [3.63, 3.8) is 0 Å². The van der Waals surface area contributed by atoms with E-state index in [0.29, 0.717) is 28.3 Å². The molecule has 0 unspecified atom stereocenters. The zero-order valence-electron chi connectivity index (χ0n) is 12.6. The molecule has 0 spiro atoms. The van der Waals surface area contributed by atoms with Crippen molar-refractivity contribution in [1.29, 1.82) is 5.26 Å². The highest BCUT2D eigenvalue weighted by Crippen LogP contribution is 2.32. The minimum Gasteiger partial charge on any atom is -0.454 e. The molecule has 2 heterocycles. The van der Waals surface area contributed by atoms with E-state index >= 15 is 0 Å². The van der Waals surface area contributed by atoms with E-state index in [-0.39, 0.29) is 24.7 Å². The second-order valence-electron chi connectivity index (χ2n) is 5.15. The topological polar surface area (TPSA) is 94.2 Å². The van der Waals surface area contributed by atoms with Crippen molar-refractivity contribution in [3.05, 3.63) is 50.9 Å². The lowest BCUT2D eigenvalue weighted by Crippen LogP contribution is -2.30. The first-order chi connectivity index (χ1) is 11.0. The van der Waals surface area contributed by atoms with Crippen LogP contribution in [0.4, 0.5) is 0 Å². The molecule has 1 aliphatic heterocycles. The van der Waals surface area contributed by atoms with Crippen molar-refractivity contribution in [2.75, 3.05) is 6.79 Å². The van der Waals surface area contributed by atoms with E-state index in [1.165, 1.54) is 0 Å². The molecule has 0 saturated heterocycles. The average molecular weight is 311 g/mol. The summed E-state index contributed by atoms with van der Waals surface area (Å²) < 4.78 is 11.4. The number of ketones is 1. The Morgan fingerprint density at radius 2 is 2.09 bits per heavy atom. The van der Waals surface area contributed by atoms with E-state index < -0.39 is 5.56 Å². The molecular formula is C16H13N3O4. The molecule has 23 heavy (non-hydrogen) atoms. The number of hydrogen-bond donors (Lipinski definition) is 0. The summed E-state index contributed by atoms with van der Waals surface area (Å²) in [4.78, 5) is 24.6. The minimum absolute atomic E-state index is 0.0102. The van der Waals surface area contributed by atoms with Crippen LogP contribution in [-0.2, 0) is 6.54 Å². The number of rotatable bonds is 3. The smallest absolute Gasteiger partial charge is 0.285 e. The van der Waals surface area contributed by atoms with Gasteiger partial charge in [-0.1, -0.05) is 0 Å². The number of carbonyl (C=O) groups is 1. The van der Waals surface area contributed by atoms with E-state index in [1.807, 2.05) is 6.07 Å².